The second-order valence-electron chi connectivity index (χ2n) is 14.6. The molecule has 6 rings (SSSR count). The van der Waals surface area contributed by atoms with Gasteiger partial charge in [-0.1, -0.05) is 113 Å². The second-order valence-corrected chi connectivity index (χ2v) is 14.6. The molecule has 0 bridgehead atoms. The molecule has 0 saturated carbocycles. The molecule has 2 heterocycles. The normalized spacial score (nSPS) is 16.3. The van der Waals surface area contributed by atoms with Crippen LogP contribution in [0.2, 0.25) is 0 Å². The van der Waals surface area contributed by atoms with Crippen LogP contribution in [0.15, 0.2) is 109 Å². The minimum absolute atomic E-state index is 0.106. The Balaban J connectivity index is 1.59. The van der Waals surface area contributed by atoms with Crippen molar-refractivity contribution < 1.29 is 36.6 Å². The Morgan fingerprint density at radius 1 is 0.500 bits per heavy atom. The van der Waals surface area contributed by atoms with Crippen LogP contribution < -0.4 is 0 Å². The van der Waals surface area contributed by atoms with Crippen molar-refractivity contribution >= 4 is 21.8 Å². The van der Waals surface area contributed by atoms with Gasteiger partial charge in [0.15, 0.2) is 11.2 Å². The third kappa shape index (κ3) is 6.86. The number of rotatable bonds is 11. The molecule has 0 spiro atoms. The summed E-state index contributed by atoms with van der Waals surface area (Å²) in [4.78, 5) is 5.98. The first kappa shape index (κ1) is 37.2. The summed E-state index contributed by atoms with van der Waals surface area (Å²) in [5.41, 5.74) is -4.54. The molecule has 52 heavy (non-hydrogen) atoms. The predicted molar refractivity (Wildman–Crippen MR) is 193 cm³/mol. The number of hydrogen-bond donors (Lipinski definition) is 4. The second kappa shape index (κ2) is 13.8. The molecular formula is C42H42F6N2O2. The molecular weight excluding hydrogens is 678 g/mol. The van der Waals surface area contributed by atoms with Crippen molar-refractivity contribution in [2.24, 2.45) is 11.8 Å². The molecule has 4 N–H and O–H groups in total. The van der Waals surface area contributed by atoms with E-state index in [0.29, 0.717) is 32.9 Å². The summed E-state index contributed by atoms with van der Waals surface area (Å²) < 4.78 is 93.2. The molecule has 6 aromatic rings. The molecule has 0 amide bonds. The van der Waals surface area contributed by atoms with Gasteiger partial charge in [0.2, 0.25) is 0 Å². The van der Waals surface area contributed by atoms with Crippen molar-refractivity contribution in [2.45, 2.75) is 75.9 Å². The minimum Gasteiger partial charge on any atom is -0.380 e. The Morgan fingerprint density at radius 3 is 1.35 bits per heavy atom. The van der Waals surface area contributed by atoms with Gasteiger partial charge in [0, 0.05) is 47.1 Å². The number of para-hydroxylation sites is 2. The first-order valence-corrected chi connectivity index (χ1v) is 17.3. The number of aromatic nitrogens is 2. The summed E-state index contributed by atoms with van der Waals surface area (Å²) in [7, 11) is 0. The smallest absolute Gasteiger partial charge is 0.380 e. The summed E-state index contributed by atoms with van der Waals surface area (Å²) in [5, 5.41) is 25.6. The lowest BCUT2D eigenvalue weighted by molar-refractivity contribution is -0.275. The van der Waals surface area contributed by atoms with Gasteiger partial charge in [-0.2, -0.15) is 26.3 Å². The highest BCUT2D eigenvalue weighted by Gasteiger charge is 2.63. The van der Waals surface area contributed by atoms with E-state index in [9.17, 15) is 10.2 Å². The van der Waals surface area contributed by atoms with Crippen molar-refractivity contribution in [3.63, 3.8) is 0 Å². The largest absolute Gasteiger partial charge is 0.418 e. The number of alkyl halides is 6. The fourth-order valence-electron chi connectivity index (χ4n) is 8.08. The molecule has 0 fully saturated rings. The fourth-order valence-corrected chi connectivity index (χ4v) is 8.08. The molecule has 0 aliphatic carbocycles. The highest BCUT2D eigenvalue weighted by Crippen LogP contribution is 2.54. The Hall–Kier alpha value is -4.54. The van der Waals surface area contributed by atoms with Gasteiger partial charge in [-0.05, 0) is 69.1 Å². The van der Waals surface area contributed by atoms with Gasteiger partial charge < -0.3 is 20.2 Å². The summed E-state index contributed by atoms with van der Waals surface area (Å²) in [6, 6.07) is 30.2. The minimum atomic E-state index is -5.21. The number of aliphatic hydroxyl groups is 2. The number of hydrogen-bond acceptors (Lipinski definition) is 2. The average molecular weight is 721 g/mol. The van der Waals surface area contributed by atoms with Gasteiger partial charge in [0.25, 0.3) is 0 Å². The van der Waals surface area contributed by atoms with Crippen molar-refractivity contribution in [3.8, 4) is 11.1 Å². The standard InChI is InChI=1S/C42H42F6N2O2/c1-25(2)37(39(51,41(43,44)45)23-31-20-29-14-8-10-16-35(29)49-31)33-19-18-28(27-12-6-5-7-13-27)22-34(33)38(26(3)4)40(52,42(46,47)48)24-32-21-30-15-9-11-17-36(30)50-32/h5-22,25-26,37-38,49-52H,23-24H2,1-4H3. The Labute approximate surface area is 298 Å². The molecule has 4 aromatic carbocycles. The Bertz CT molecular complexity index is 2080. The SMILES string of the molecule is CC(C)C(c1ccc(-c2ccccc2)cc1C(C(C)C)C(O)(Cc1cc2ccccc2[nH]1)C(F)(F)F)C(O)(Cc1cc2ccccc2[nH]1)C(F)(F)F. The van der Waals surface area contributed by atoms with Crippen LogP contribution in [0.3, 0.4) is 0 Å². The van der Waals surface area contributed by atoms with E-state index < -0.39 is 60.1 Å². The van der Waals surface area contributed by atoms with Gasteiger partial charge in [0.05, 0.1) is 0 Å². The molecule has 0 radical (unpaired) electrons. The summed E-state index contributed by atoms with van der Waals surface area (Å²) in [6.45, 7) is 6.09. The lowest BCUT2D eigenvalue weighted by atomic mass is 9.65. The Morgan fingerprint density at radius 2 is 0.923 bits per heavy atom. The van der Waals surface area contributed by atoms with Crippen molar-refractivity contribution in [1.82, 2.24) is 9.97 Å². The van der Waals surface area contributed by atoms with Crippen LogP contribution >= 0.6 is 0 Å². The highest BCUT2D eigenvalue weighted by atomic mass is 19.4. The molecule has 2 aromatic heterocycles. The number of H-pyrrole nitrogens is 2. The van der Waals surface area contributed by atoms with Crippen LogP contribution in [0.4, 0.5) is 26.3 Å². The quantitative estimate of drug-likeness (QED) is 0.101. The fraction of sp³-hybridized carbons (Fsp3) is 0.333. The van der Waals surface area contributed by atoms with Crippen LogP contribution in [0.5, 0.6) is 0 Å². The molecule has 0 aliphatic rings. The number of fused-ring (bicyclic) bond motifs is 2. The number of aromatic amines is 2. The Kier molecular flexibility index (Phi) is 9.87. The van der Waals surface area contributed by atoms with E-state index in [-0.39, 0.29) is 22.5 Å². The van der Waals surface area contributed by atoms with Crippen LogP contribution in [0.1, 0.15) is 62.0 Å². The molecule has 4 nitrogen and oxygen atoms in total. The lowest BCUT2D eigenvalue weighted by Crippen LogP contribution is -2.55. The maximum atomic E-state index is 15.6. The van der Waals surface area contributed by atoms with Gasteiger partial charge >= 0.3 is 12.4 Å². The van der Waals surface area contributed by atoms with E-state index >= 15 is 26.3 Å². The predicted octanol–water partition coefficient (Wildman–Crippen LogP) is 10.9. The lowest BCUT2D eigenvalue weighted by Gasteiger charge is -2.45. The zero-order chi connectivity index (χ0) is 37.6. The zero-order valence-corrected chi connectivity index (χ0v) is 29.3. The van der Waals surface area contributed by atoms with E-state index in [0.717, 1.165) is 0 Å². The van der Waals surface area contributed by atoms with Gasteiger partial charge in [0.1, 0.15) is 0 Å². The highest BCUT2D eigenvalue weighted by molar-refractivity contribution is 5.81. The van der Waals surface area contributed by atoms with Gasteiger partial charge in [-0.15, -0.1) is 0 Å². The van der Waals surface area contributed by atoms with E-state index in [1.165, 1.54) is 39.8 Å². The average Bonchev–Trinajstić information content (AvgIpc) is 3.67. The van der Waals surface area contributed by atoms with Crippen LogP contribution in [-0.4, -0.2) is 43.7 Å². The van der Waals surface area contributed by atoms with Crippen molar-refractivity contribution in [2.75, 3.05) is 0 Å². The molecule has 10 heteroatoms. The van der Waals surface area contributed by atoms with Crippen LogP contribution in [-0.2, 0) is 12.8 Å². The maximum Gasteiger partial charge on any atom is 0.418 e. The van der Waals surface area contributed by atoms with Crippen LogP contribution in [0, 0.1) is 11.8 Å². The first-order valence-electron chi connectivity index (χ1n) is 17.3. The summed E-state index contributed by atoms with van der Waals surface area (Å²) in [5.74, 6) is -5.30. The molecule has 0 aliphatic heterocycles. The van der Waals surface area contributed by atoms with E-state index in [2.05, 4.69) is 9.97 Å². The first-order chi connectivity index (χ1) is 24.4. The number of halogens is 6. The number of nitrogens with one attached hydrogen (secondary N) is 2. The van der Waals surface area contributed by atoms with Crippen molar-refractivity contribution in [1.29, 1.82) is 0 Å². The number of benzene rings is 4. The molecule has 4 unspecified atom stereocenters. The molecule has 0 saturated heterocycles. The van der Waals surface area contributed by atoms with Crippen molar-refractivity contribution in [3.05, 3.63) is 132 Å². The maximum absolute atomic E-state index is 15.6. The van der Waals surface area contributed by atoms with E-state index in [4.69, 9.17) is 0 Å². The van der Waals surface area contributed by atoms with Gasteiger partial charge in [-0.3, -0.25) is 0 Å². The van der Waals surface area contributed by atoms with E-state index in [1.54, 1.807) is 97.1 Å². The zero-order valence-electron chi connectivity index (χ0n) is 29.3. The summed E-state index contributed by atoms with van der Waals surface area (Å²) in [6.07, 6.45) is -12.2. The van der Waals surface area contributed by atoms with E-state index in [1.807, 2.05) is 0 Å². The molecule has 4 atom stereocenters. The van der Waals surface area contributed by atoms with Gasteiger partial charge in [-0.25, -0.2) is 0 Å². The summed E-state index contributed by atoms with van der Waals surface area (Å²) >= 11 is 0. The monoisotopic (exact) mass is 720 g/mol. The third-order valence-electron chi connectivity index (χ3n) is 10.3. The third-order valence-corrected chi connectivity index (χ3v) is 10.3. The molecule has 274 valence electrons. The topological polar surface area (TPSA) is 72.0 Å². The van der Waals surface area contributed by atoms with Crippen LogP contribution in [0.25, 0.3) is 32.9 Å².